The van der Waals surface area contributed by atoms with E-state index in [1.807, 2.05) is 0 Å². The summed E-state index contributed by atoms with van der Waals surface area (Å²) in [6, 6.07) is 0. The SMILES string of the molecule is C#CCC1OC2OC3C(CO)OC(CC#C)OC3C2O1. The van der Waals surface area contributed by atoms with Crippen LogP contribution in [0, 0.1) is 24.7 Å². The van der Waals surface area contributed by atoms with Crippen molar-refractivity contribution in [3.63, 3.8) is 0 Å². The smallest absolute Gasteiger partial charge is 0.190 e. The first-order chi connectivity index (χ1) is 9.76. The summed E-state index contributed by atoms with van der Waals surface area (Å²) in [7, 11) is 0. The number of hydrogen-bond donors (Lipinski definition) is 1. The van der Waals surface area contributed by atoms with Crippen LogP contribution in [-0.2, 0) is 23.7 Å². The van der Waals surface area contributed by atoms with E-state index >= 15 is 0 Å². The molecule has 3 rings (SSSR count). The van der Waals surface area contributed by atoms with Gasteiger partial charge in [-0.15, -0.1) is 24.7 Å². The summed E-state index contributed by atoms with van der Waals surface area (Å²) < 4.78 is 28.3. The second-order valence-electron chi connectivity index (χ2n) is 4.84. The highest BCUT2D eigenvalue weighted by molar-refractivity contribution is 5.00. The molecule has 0 aliphatic carbocycles. The number of aliphatic hydroxyl groups is 1. The first kappa shape index (κ1) is 13.8. The quantitative estimate of drug-likeness (QED) is 0.710. The maximum Gasteiger partial charge on any atom is 0.190 e. The van der Waals surface area contributed by atoms with Gasteiger partial charge in [-0.25, -0.2) is 0 Å². The minimum atomic E-state index is -0.573. The van der Waals surface area contributed by atoms with E-state index < -0.39 is 31.1 Å². The molecule has 3 fully saturated rings. The summed E-state index contributed by atoms with van der Waals surface area (Å²) in [6.45, 7) is -0.182. The summed E-state index contributed by atoms with van der Waals surface area (Å²) >= 11 is 0. The van der Waals surface area contributed by atoms with E-state index in [1.165, 1.54) is 0 Å². The molecule has 0 spiro atoms. The van der Waals surface area contributed by atoms with Crippen LogP contribution in [0.1, 0.15) is 12.8 Å². The summed E-state index contributed by atoms with van der Waals surface area (Å²) in [5, 5.41) is 9.40. The highest BCUT2D eigenvalue weighted by atomic mass is 16.8. The predicted molar refractivity (Wildman–Crippen MR) is 65.9 cm³/mol. The standard InChI is InChI=1S/C14H16O6/c1-3-5-9-16-8(7-15)11-12(17-9)13-14(20-11)19-10(18-13)6-4-2/h1-2,8-15H,5-7H2. The van der Waals surface area contributed by atoms with Crippen LogP contribution in [-0.4, -0.2) is 55.0 Å². The molecule has 7 unspecified atom stereocenters. The van der Waals surface area contributed by atoms with Crippen LogP contribution >= 0.6 is 0 Å². The molecule has 6 nitrogen and oxygen atoms in total. The molecular formula is C14H16O6. The molecule has 0 bridgehead atoms. The zero-order chi connectivity index (χ0) is 14.1. The van der Waals surface area contributed by atoms with Crippen molar-refractivity contribution in [2.45, 2.75) is 56.1 Å². The van der Waals surface area contributed by atoms with Crippen LogP contribution in [0.5, 0.6) is 0 Å². The van der Waals surface area contributed by atoms with Gasteiger partial charge in [-0.2, -0.15) is 0 Å². The minimum Gasteiger partial charge on any atom is -0.394 e. The Kier molecular flexibility index (Phi) is 3.95. The van der Waals surface area contributed by atoms with Crippen LogP contribution in [0.2, 0.25) is 0 Å². The lowest BCUT2D eigenvalue weighted by atomic mass is 10.0. The molecule has 0 amide bonds. The highest BCUT2D eigenvalue weighted by Gasteiger charge is 2.57. The Morgan fingerprint density at radius 3 is 2.10 bits per heavy atom. The molecule has 7 atom stereocenters. The summed E-state index contributed by atoms with van der Waals surface area (Å²) in [5.41, 5.74) is 0. The van der Waals surface area contributed by atoms with Crippen LogP contribution in [0.4, 0.5) is 0 Å². The van der Waals surface area contributed by atoms with Crippen molar-refractivity contribution >= 4 is 0 Å². The summed E-state index contributed by atoms with van der Waals surface area (Å²) in [4.78, 5) is 0. The first-order valence-corrected chi connectivity index (χ1v) is 6.52. The molecule has 0 saturated carbocycles. The van der Waals surface area contributed by atoms with Crippen molar-refractivity contribution in [2.75, 3.05) is 6.61 Å². The fraction of sp³-hybridized carbons (Fsp3) is 0.714. The molecule has 108 valence electrons. The number of hydrogen-bond acceptors (Lipinski definition) is 6. The predicted octanol–water partition coefficient (Wildman–Crippen LogP) is -0.398. The highest BCUT2D eigenvalue weighted by Crippen LogP contribution is 2.40. The Hall–Kier alpha value is -1.12. The van der Waals surface area contributed by atoms with Crippen molar-refractivity contribution in [1.82, 2.24) is 0 Å². The molecule has 0 aromatic heterocycles. The lowest BCUT2D eigenvalue weighted by Gasteiger charge is -2.37. The van der Waals surface area contributed by atoms with Gasteiger partial charge in [-0.3, -0.25) is 0 Å². The van der Waals surface area contributed by atoms with Crippen LogP contribution in [0.15, 0.2) is 0 Å². The Balaban J connectivity index is 1.72. The van der Waals surface area contributed by atoms with Gasteiger partial charge in [0.2, 0.25) is 0 Å². The lowest BCUT2D eigenvalue weighted by molar-refractivity contribution is -0.298. The summed E-state index contributed by atoms with van der Waals surface area (Å²) in [6.07, 6.45) is 7.85. The number of terminal acetylenes is 2. The number of rotatable bonds is 3. The fourth-order valence-corrected chi connectivity index (χ4v) is 2.73. The van der Waals surface area contributed by atoms with Gasteiger partial charge < -0.3 is 28.8 Å². The van der Waals surface area contributed by atoms with Gasteiger partial charge in [0.05, 0.1) is 19.4 Å². The van der Waals surface area contributed by atoms with Crippen LogP contribution in [0.25, 0.3) is 0 Å². The van der Waals surface area contributed by atoms with Crippen LogP contribution < -0.4 is 0 Å². The first-order valence-electron chi connectivity index (χ1n) is 6.52. The molecule has 1 N–H and O–H groups in total. The van der Waals surface area contributed by atoms with E-state index in [1.54, 1.807) is 0 Å². The Morgan fingerprint density at radius 1 is 0.800 bits per heavy atom. The van der Waals surface area contributed by atoms with Crippen molar-refractivity contribution < 1.29 is 28.8 Å². The zero-order valence-electron chi connectivity index (χ0n) is 10.8. The van der Waals surface area contributed by atoms with E-state index in [9.17, 15) is 5.11 Å². The van der Waals surface area contributed by atoms with Gasteiger partial charge in [-0.05, 0) is 0 Å². The minimum absolute atomic E-state index is 0.182. The Bertz CT molecular complexity index is 438. The third-order valence-corrected chi connectivity index (χ3v) is 3.55. The number of fused-ring (bicyclic) bond motifs is 3. The van der Waals surface area contributed by atoms with Gasteiger partial charge in [-0.1, -0.05) is 0 Å². The molecule has 0 radical (unpaired) electrons. The molecule has 3 heterocycles. The van der Waals surface area contributed by atoms with Gasteiger partial charge in [0.25, 0.3) is 0 Å². The molecule has 3 aliphatic rings. The van der Waals surface area contributed by atoms with Gasteiger partial charge in [0, 0.05) is 0 Å². The topological polar surface area (TPSA) is 66.4 Å². The normalized spacial score (nSPS) is 46.2. The maximum absolute atomic E-state index is 9.40. The van der Waals surface area contributed by atoms with Crippen molar-refractivity contribution in [2.24, 2.45) is 0 Å². The van der Waals surface area contributed by atoms with Crippen molar-refractivity contribution in [3.05, 3.63) is 0 Å². The van der Waals surface area contributed by atoms with E-state index in [0.717, 1.165) is 0 Å². The second-order valence-corrected chi connectivity index (χ2v) is 4.84. The fourth-order valence-electron chi connectivity index (χ4n) is 2.73. The molecule has 6 heteroatoms. The van der Waals surface area contributed by atoms with E-state index in [4.69, 9.17) is 36.5 Å². The molecule has 0 aromatic rings. The van der Waals surface area contributed by atoms with Crippen molar-refractivity contribution in [1.29, 1.82) is 0 Å². The Morgan fingerprint density at radius 2 is 1.45 bits per heavy atom. The van der Waals surface area contributed by atoms with Gasteiger partial charge in [0.15, 0.2) is 18.9 Å². The maximum atomic E-state index is 9.40. The average molecular weight is 280 g/mol. The third kappa shape index (κ3) is 2.32. The monoisotopic (exact) mass is 280 g/mol. The van der Waals surface area contributed by atoms with Gasteiger partial charge in [0.1, 0.15) is 24.4 Å². The van der Waals surface area contributed by atoms with E-state index in [2.05, 4.69) is 11.8 Å². The lowest BCUT2D eigenvalue weighted by Crippen LogP contribution is -2.52. The van der Waals surface area contributed by atoms with Gasteiger partial charge >= 0.3 is 0 Å². The summed E-state index contributed by atoms with van der Waals surface area (Å²) in [5.74, 6) is 4.96. The average Bonchev–Trinajstić information content (AvgIpc) is 2.96. The van der Waals surface area contributed by atoms with E-state index in [0.29, 0.717) is 12.8 Å². The Labute approximate surface area is 117 Å². The van der Waals surface area contributed by atoms with E-state index in [-0.39, 0.29) is 18.8 Å². The molecule has 3 saturated heterocycles. The number of aliphatic hydroxyl groups excluding tert-OH is 1. The van der Waals surface area contributed by atoms with Crippen LogP contribution in [0.3, 0.4) is 0 Å². The second kappa shape index (κ2) is 5.71. The molecule has 20 heavy (non-hydrogen) atoms. The molecule has 3 aliphatic heterocycles. The molecule has 0 aromatic carbocycles. The zero-order valence-corrected chi connectivity index (χ0v) is 10.8. The molecular weight excluding hydrogens is 264 g/mol. The third-order valence-electron chi connectivity index (χ3n) is 3.55. The van der Waals surface area contributed by atoms with Crippen molar-refractivity contribution in [3.8, 4) is 24.7 Å². The number of ether oxygens (including phenoxy) is 5. The largest absolute Gasteiger partial charge is 0.394 e.